The molecule has 0 fully saturated rings. The molecule has 0 atom stereocenters. The zero-order chi connectivity index (χ0) is 6.69. The lowest BCUT2D eigenvalue weighted by atomic mass is 10.5. The van der Waals surface area contributed by atoms with Crippen molar-refractivity contribution in [3.05, 3.63) is 24.8 Å². The van der Waals surface area contributed by atoms with Crippen LogP contribution in [-0.4, -0.2) is 16.5 Å². The van der Waals surface area contributed by atoms with E-state index < -0.39 is 0 Å². The summed E-state index contributed by atoms with van der Waals surface area (Å²) in [6.45, 7) is 3.07. The van der Waals surface area contributed by atoms with Gasteiger partial charge in [-0.2, -0.15) is 0 Å². The standard InChI is InChI=1S/C6H11N3/c1-2-8-3-5-9(7)6-4-8/h3-6H,2,7H2,1H3. The van der Waals surface area contributed by atoms with Crippen LogP contribution in [0.4, 0.5) is 0 Å². The molecule has 2 N–H and O–H groups in total. The highest BCUT2D eigenvalue weighted by atomic mass is 15.4. The lowest BCUT2D eigenvalue weighted by Crippen LogP contribution is -2.24. The van der Waals surface area contributed by atoms with Gasteiger partial charge in [-0.25, -0.2) is 5.84 Å². The van der Waals surface area contributed by atoms with E-state index in [4.69, 9.17) is 5.84 Å². The van der Waals surface area contributed by atoms with E-state index in [9.17, 15) is 0 Å². The minimum atomic E-state index is 0.987. The molecule has 50 valence electrons. The van der Waals surface area contributed by atoms with Gasteiger partial charge in [0.05, 0.1) is 0 Å². The van der Waals surface area contributed by atoms with Crippen molar-refractivity contribution in [3.8, 4) is 0 Å². The lowest BCUT2D eigenvalue weighted by molar-refractivity contribution is 0.444. The van der Waals surface area contributed by atoms with Gasteiger partial charge in [-0.15, -0.1) is 0 Å². The maximum atomic E-state index is 5.38. The van der Waals surface area contributed by atoms with Crippen LogP contribution >= 0.6 is 0 Å². The van der Waals surface area contributed by atoms with Crippen LogP contribution in [0.3, 0.4) is 0 Å². The van der Waals surface area contributed by atoms with E-state index in [1.165, 1.54) is 5.01 Å². The maximum Gasteiger partial charge on any atom is 0.0369 e. The molecule has 0 aromatic heterocycles. The molecule has 0 aromatic carbocycles. The highest BCUT2D eigenvalue weighted by molar-refractivity contribution is 4.97. The van der Waals surface area contributed by atoms with Gasteiger partial charge in [-0.05, 0) is 6.92 Å². The van der Waals surface area contributed by atoms with Gasteiger partial charge in [0.25, 0.3) is 0 Å². The summed E-state index contributed by atoms with van der Waals surface area (Å²) in [5, 5.41) is 1.52. The summed E-state index contributed by atoms with van der Waals surface area (Å²) in [6, 6.07) is 0. The van der Waals surface area contributed by atoms with Crippen LogP contribution in [0.25, 0.3) is 0 Å². The largest absolute Gasteiger partial charge is 0.352 e. The molecule has 0 aliphatic carbocycles. The monoisotopic (exact) mass is 125 g/mol. The molecule has 0 bridgehead atoms. The Morgan fingerprint density at radius 1 is 1.22 bits per heavy atom. The van der Waals surface area contributed by atoms with Crippen LogP contribution in [0, 0.1) is 0 Å². The number of rotatable bonds is 1. The number of hydrogen-bond acceptors (Lipinski definition) is 3. The van der Waals surface area contributed by atoms with E-state index in [1.807, 2.05) is 29.7 Å². The van der Waals surface area contributed by atoms with Gasteiger partial charge in [-0.1, -0.05) is 0 Å². The molecule has 0 spiro atoms. The van der Waals surface area contributed by atoms with E-state index in [2.05, 4.69) is 6.92 Å². The van der Waals surface area contributed by atoms with Crippen molar-refractivity contribution in [3.63, 3.8) is 0 Å². The van der Waals surface area contributed by atoms with Crippen molar-refractivity contribution >= 4 is 0 Å². The summed E-state index contributed by atoms with van der Waals surface area (Å²) >= 11 is 0. The predicted molar refractivity (Wildman–Crippen MR) is 36.7 cm³/mol. The Morgan fingerprint density at radius 3 is 2.22 bits per heavy atom. The highest BCUT2D eigenvalue weighted by Gasteiger charge is 1.94. The van der Waals surface area contributed by atoms with Gasteiger partial charge >= 0.3 is 0 Å². The summed E-state index contributed by atoms with van der Waals surface area (Å²) < 4.78 is 0. The molecule has 1 rings (SSSR count). The fourth-order valence-electron chi connectivity index (χ4n) is 0.635. The van der Waals surface area contributed by atoms with Gasteiger partial charge in [0.2, 0.25) is 0 Å². The number of hydrogen-bond donors (Lipinski definition) is 1. The minimum absolute atomic E-state index is 0.987. The first-order valence-electron chi connectivity index (χ1n) is 2.98. The van der Waals surface area contributed by atoms with Crippen LogP contribution in [0.15, 0.2) is 24.8 Å². The molecular weight excluding hydrogens is 114 g/mol. The Balaban J connectivity index is 2.48. The van der Waals surface area contributed by atoms with E-state index in [-0.39, 0.29) is 0 Å². The Hall–Kier alpha value is -0.960. The predicted octanol–water partition coefficient (Wildman–Crippen LogP) is 0.440. The average molecular weight is 125 g/mol. The molecule has 1 heterocycles. The first kappa shape index (κ1) is 6.16. The van der Waals surface area contributed by atoms with E-state index in [1.54, 1.807) is 0 Å². The van der Waals surface area contributed by atoms with E-state index in [0.29, 0.717) is 0 Å². The Morgan fingerprint density at radius 2 is 1.78 bits per heavy atom. The minimum Gasteiger partial charge on any atom is -0.352 e. The topological polar surface area (TPSA) is 32.5 Å². The third kappa shape index (κ3) is 1.47. The van der Waals surface area contributed by atoms with Crippen LogP contribution in [-0.2, 0) is 0 Å². The Labute approximate surface area is 55.0 Å². The van der Waals surface area contributed by atoms with Gasteiger partial charge in [0, 0.05) is 31.3 Å². The van der Waals surface area contributed by atoms with Crippen LogP contribution in [0.2, 0.25) is 0 Å². The Bertz CT molecular complexity index is 125. The van der Waals surface area contributed by atoms with Crippen molar-refractivity contribution < 1.29 is 0 Å². The fourth-order valence-corrected chi connectivity index (χ4v) is 0.635. The normalized spacial score (nSPS) is 17.1. The summed E-state index contributed by atoms with van der Waals surface area (Å²) in [7, 11) is 0. The van der Waals surface area contributed by atoms with Crippen molar-refractivity contribution in [2.45, 2.75) is 6.92 Å². The molecule has 1 aliphatic heterocycles. The first-order chi connectivity index (χ1) is 4.33. The van der Waals surface area contributed by atoms with Crippen LogP contribution in [0.1, 0.15) is 6.92 Å². The third-order valence-corrected chi connectivity index (χ3v) is 1.23. The molecule has 0 unspecified atom stereocenters. The maximum absolute atomic E-state index is 5.38. The molecule has 3 nitrogen and oxygen atoms in total. The number of nitrogens with zero attached hydrogens (tertiary/aromatic N) is 2. The molecule has 0 saturated heterocycles. The van der Waals surface area contributed by atoms with Gasteiger partial charge in [0.15, 0.2) is 0 Å². The zero-order valence-electron chi connectivity index (χ0n) is 5.49. The second-order valence-corrected chi connectivity index (χ2v) is 1.87. The SMILES string of the molecule is CCN1C=CN(N)C=C1. The van der Waals surface area contributed by atoms with Crippen molar-refractivity contribution in [2.24, 2.45) is 5.84 Å². The van der Waals surface area contributed by atoms with Crippen LogP contribution < -0.4 is 5.84 Å². The van der Waals surface area contributed by atoms with Crippen molar-refractivity contribution in [2.75, 3.05) is 6.54 Å². The quantitative estimate of drug-likeness (QED) is 0.516. The van der Waals surface area contributed by atoms with Crippen molar-refractivity contribution in [1.82, 2.24) is 9.91 Å². The fraction of sp³-hybridized carbons (Fsp3) is 0.333. The highest BCUT2D eigenvalue weighted by Crippen LogP contribution is 1.98. The molecule has 3 heteroatoms. The third-order valence-electron chi connectivity index (χ3n) is 1.23. The number of nitrogens with two attached hydrogens (primary N) is 1. The van der Waals surface area contributed by atoms with Gasteiger partial charge < -0.3 is 4.90 Å². The van der Waals surface area contributed by atoms with Crippen molar-refractivity contribution in [1.29, 1.82) is 0 Å². The molecule has 1 aliphatic rings. The Kier molecular flexibility index (Phi) is 1.75. The summed E-state index contributed by atoms with van der Waals surface area (Å²) in [4.78, 5) is 2.04. The molecule has 9 heavy (non-hydrogen) atoms. The summed E-state index contributed by atoms with van der Waals surface area (Å²) in [5.74, 6) is 5.38. The smallest absolute Gasteiger partial charge is 0.0369 e. The van der Waals surface area contributed by atoms with Gasteiger partial charge in [-0.3, -0.25) is 5.01 Å². The average Bonchev–Trinajstić information content (AvgIpc) is 1.90. The van der Waals surface area contributed by atoms with Gasteiger partial charge in [0.1, 0.15) is 0 Å². The zero-order valence-corrected chi connectivity index (χ0v) is 5.49. The second kappa shape index (κ2) is 2.55. The summed E-state index contributed by atoms with van der Waals surface area (Å²) in [5.41, 5.74) is 0. The molecule has 0 aromatic rings. The summed E-state index contributed by atoms with van der Waals surface area (Å²) in [6.07, 6.45) is 7.48. The molecule has 0 radical (unpaired) electrons. The second-order valence-electron chi connectivity index (χ2n) is 1.87. The van der Waals surface area contributed by atoms with E-state index in [0.717, 1.165) is 6.54 Å². The molecule has 0 amide bonds. The first-order valence-corrected chi connectivity index (χ1v) is 2.98. The molecular formula is C6H11N3. The lowest BCUT2D eigenvalue weighted by Gasteiger charge is -2.19. The molecule has 0 saturated carbocycles. The van der Waals surface area contributed by atoms with E-state index >= 15 is 0 Å². The number of hydrazine groups is 1. The van der Waals surface area contributed by atoms with Crippen LogP contribution in [0.5, 0.6) is 0 Å².